The first kappa shape index (κ1) is 13.8. The highest BCUT2D eigenvalue weighted by Gasteiger charge is 2.16. The van der Waals surface area contributed by atoms with E-state index in [1.165, 1.54) is 16.7 Å². The van der Waals surface area contributed by atoms with Gasteiger partial charge < -0.3 is 0 Å². The molecule has 3 heteroatoms. The molecule has 1 heterocycles. The molecule has 1 nitrogen and oxygen atoms in total. The summed E-state index contributed by atoms with van der Waals surface area (Å²) in [5, 5.41) is 1.09. The highest BCUT2D eigenvalue weighted by atomic mass is 79.9. The van der Waals surface area contributed by atoms with Crippen molar-refractivity contribution in [3.05, 3.63) is 38.8 Å². The molecule has 2 rings (SSSR count). The van der Waals surface area contributed by atoms with Crippen molar-refractivity contribution in [2.45, 2.75) is 40.0 Å². The summed E-state index contributed by atoms with van der Waals surface area (Å²) in [5.74, 6) is 0. The summed E-state index contributed by atoms with van der Waals surface area (Å²) in [4.78, 5) is 4.60. The standard InChI is InChI=1S/C15H18BrNS/c1-9-8-11(15(3,4)5)6-7-12(9)14-17-10(2)13(16)18-14/h6-8H,1-5H3. The number of benzene rings is 1. The molecule has 0 aliphatic carbocycles. The minimum atomic E-state index is 0.197. The monoisotopic (exact) mass is 323 g/mol. The summed E-state index contributed by atoms with van der Waals surface area (Å²) in [6.45, 7) is 10.9. The second-order valence-corrected chi connectivity index (χ2v) is 7.97. The van der Waals surface area contributed by atoms with Gasteiger partial charge in [-0.3, -0.25) is 0 Å². The van der Waals surface area contributed by atoms with Crippen molar-refractivity contribution < 1.29 is 0 Å². The van der Waals surface area contributed by atoms with Crippen molar-refractivity contribution in [2.75, 3.05) is 0 Å². The lowest BCUT2D eigenvalue weighted by Crippen LogP contribution is -2.11. The fraction of sp³-hybridized carbons (Fsp3) is 0.400. The third kappa shape index (κ3) is 2.67. The molecule has 1 aromatic carbocycles. The van der Waals surface area contributed by atoms with E-state index in [4.69, 9.17) is 0 Å². The molecule has 0 amide bonds. The van der Waals surface area contributed by atoms with E-state index < -0.39 is 0 Å². The molecule has 0 N–H and O–H groups in total. The summed E-state index contributed by atoms with van der Waals surface area (Å²) >= 11 is 5.24. The van der Waals surface area contributed by atoms with Crippen molar-refractivity contribution in [1.29, 1.82) is 0 Å². The SMILES string of the molecule is Cc1cc(C(C)(C)C)ccc1-c1nc(C)c(Br)s1. The molecule has 96 valence electrons. The van der Waals surface area contributed by atoms with Gasteiger partial charge in [-0.05, 0) is 46.3 Å². The molecular weight excluding hydrogens is 306 g/mol. The zero-order chi connectivity index (χ0) is 13.5. The van der Waals surface area contributed by atoms with Crippen LogP contribution in [0.2, 0.25) is 0 Å². The molecule has 0 spiro atoms. The molecule has 0 bridgehead atoms. The number of rotatable bonds is 1. The van der Waals surface area contributed by atoms with Gasteiger partial charge in [0.25, 0.3) is 0 Å². The van der Waals surface area contributed by atoms with Gasteiger partial charge in [0.15, 0.2) is 0 Å². The third-order valence-electron chi connectivity index (χ3n) is 3.06. The van der Waals surface area contributed by atoms with Crippen molar-refractivity contribution >= 4 is 27.3 Å². The molecule has 18 heavy (non-hydrogen) atoms. The number of halogens is 1. The number of thiazole rings is 1. The lowest BCUT2D eigenvalue weighted by Gasteiger charge is -2.20. The zero-order valence-electron chi connectivity index (χ0n) is 11.5. The highest BCUT2D eigenvalue weighted by molar-refractivity contribution is 9.11. The Morgan fingerprint density at radius 2 is 1.83 bits per heavy atom. The minimum Gasteiger partial charge on any atom is -0.240 e. The van der Waals surface area contributed by atoms with Crippen LogP contribution in [0.15, 0.2) is 22.0 Å². The van der Waals surface area contributed by atoms with Crippen LogP contribution in [-0.4, -0.2) is 4.98 Å². The Morgan fingerprint density at radius 3 is 2.28 bits per heavy atom. The summed E-state index contributed by atoms with van der Waals surface area (Å²) in [6, 6.07) is 6.69. The predicted octanol–water partition coefficient (Wildman–Crippen LogP) is 5.49. The fourth-order valence-corrected chi connectivity index (χ4v) is 3.30. The molecule has 2 aromatic rings. The molecule has 0 fully saturated rings. The molecular formula is C15H18BrNS. The Labute approximate surface area is 121 Å². The maximum Gasteiger partial charge on any atom is 0.124 e. The van der Waals surface area contributed by atoms with E-state index >= 15 is 0 Å². The van der Waals surface area contributed by atoms with E-state index in [9.17, 15) is 0 Å². The van der Waals surface area contributed by atoms with Gasteiger partial charge in [0.2, 0.25) is 0 Å². The van der Waals surface area contributed by atoms with Crippen molar-refractivity contribution in [1.82, 2.24) is 4.98 Å². The summed E-state index contributed by atoms with van der Waals surface area (Å²) < 4.78 is 1.12. The molecule has 0 saturated carbocycles. The number of aryl methyl sites for hydroxylation is 2. The first-order chi connectivity index (χ1) is 8.29. The average Bonchev–Trinajstić information content (AvgIpc) is 2.57. The normalized spacial score (nSPS) is 11.9. The average molecular weight is 324 g/mol. The van der Waals surface area contributed by atoms with E-state index in [0.29, 0.717) is 0 Å². The van der Waals surface area contributed by atoms with E-state index in [1.807, 2.05) is 6.92 Å². The quantitative estimate of drug-likeness (QED) is 0.676. The molecule has 0 aliphatic rings. The van der Waals surface area contributed by atoms with Gasteiger partial charge in [-0.1, -0.05) is 39.0 Å². The number of hydrogen-bond acceptors (Lipinski definition) is 2. The Balaban J connectivity index is 2.48. The predicted molar refractivity (Wildman–Crippen MR) is 83.4 cm³/mol. The van der Waals surface area contributed by atoms with E-state index in [0.717, 1.165) is 14.5 Å². The third-order valence-corrected chi connectivity index (χ3v) is 5.10. The van der Waals surface area contributed by atoms with Gasteiger partial charge in [-0.25, -0.2) is 4.98 Å². The minimum absolute atomic E-state index is 0.197. The zero-order valence-corrected chi connectivity index (χ0v) is 13.9. The van der Waals surface area contributed by atoms with Crippen LogP contribution < -0.4 is 0 Å². The van der Waals surface area contributed by atoms with Gasteiger partial charge >= 0.3 is 0 Å². The van der Waals surface area contributed by atoms with Gasteiger partial charge in [0, 0.05) is 5.56 Å². The summed E-state index contributed by atoms with van der Waals surface area (Å²) in [6.07, 6.45) is 0. The van der Waals surface area contributed by atoms with Crippen LogP contribution in [0.1, 0.15) is 37.6 Å². The largest absolute Gasteiger partial charge is 0.240 e. The topological polar surface area (TPSA) is 12.9 Å². The van der Waals surface area contributed by atoms with E-state index in [1.54, 1.807) is 11.3 Å². The van der Waals surface area contributed by atoms with Gasteiger partial charge in [0.05, 0.1) is 9.48 Å². The van der Waals surface area contributed by atoms with Crippen LogP contribution in [0.4, 0.5) is 0 Å². The van der Waals surface area contributed by atoms with Crippen molar-refractivity contribution in [3.8, 4) is 10.6 Å². The molecule has 0 aliphatic heterocycles. The maximum atomic E-state index is 4.60. The Hall–Kier alpha value is -0.670. The van der Waals surface area contributed by atoms with Crippen molar-refractivity contribution in [3.63, 3.8) is 0 Å². The Bertz CT molecular complexity index is 559. The molecule has 0 saturated heterocycles. The molecule has 1 aromatic heterocycles. The smallest absolute Gasteiger partial charge is 0.124 e. The Kier molecular flexibility index (Phi) is 3.65. The number of nitrogens with zero attached hydrogens (tertiary/aromatic N) is 1. The van der Waals surface area contributed by atoms with Crippen LogP contribution in [0, 0.1) is 13.8 Å². The van der Waals surface area contributed by atoms with Crippen molar-refractivity contribution in [2.24, 2.45) is 0 Å². The lowest BCUT2D eigenvalue weighted by molar-refractivity contribution is 0.590. The number of hydrogen-bond donors (Lipinski definition) is 0. The van der Waals surface area contributed by atoms with E-state index in [-0.39, 0.29) is 5.41 Å². The van der Waals surface area contributed by atoms with Crippen LogP contribution in [0.25, 0.3) is 10.6 Å². The van der Waals surface area contributed by atoms with Crippen LogP contribution in [0.3, 0.4) is 0 Å². The molecule has 0 radical (unpaired) electrons. The second-order valence-electron chi connectivity index (χ2n) is 5.66. The summed E-state index contributed by atoms with van der Waals surface area (Å²) in [5.41, 5.74) is 5.17. The van der Waals surface area contributed by atoms with Crippen LogP contribution in [-0.2, 0) is 5.41 Å². The molecule has 0 unspecified atom stereocenters. The van der Waals surface area contributed by atoms with Gasteiger partial charge in [0.1, 0.15) is 5.01 Å². The fourth-order valence-electron chi connectivity index (χ4n) is 1.86. The lowest BCUT2D eigenvalue weighted by atomic mass is 9.85. The first-order valence-electron chi connectivity index (χ1n) is 6.03. The van der Waals surface area contributed by atoms with Gasteiger partial charge in [-0.2, -0.15) is 0 Å². The first-order valence-corrected chi connectivity index (χ1v) is 7.64. The highest BCUT2D eigenvalue weighted by Crippen LogP contribution is 2.35. The molecule has 0 atom stereocenters. The van der Waals surface area contributed by atoms with Gasteiger partial charge in [-0.15, -0.1) is 11.3 Å². The second kappa shape index (κ2) is 4.78. The summed E-state index contributed by atoms with van der Waals surface area (Å²) in [7, 11) is 0. The van der Waals surface area contributed by atoms with Crippen LogP contribution >= 0.6 is 27.3 Å². The maximum absolute atomic E-state index is 4.60. The van der Waals surface area contributed by atoms with Crippen LogP contribution in [0.5, 0.6) is 0 Å². The number of aromatic nitrogens is 1. The Morgan fingerprint density at radius 1 is 1.17 bits per heavy atom. The van der Waals surface area contributed by atoms with E-state index in [2.05, 4.69) is 66.8 Å².